The van der Waals surface area contributed by atoms with E-state index < -0.39 is 0 Å². The summed E-state index contributed by atoms with van der Waals surface area (Å²) in [5, 5.41) is 11.7. The molecule has 1 heterocycles. The van der Waals surface area contributed by atoms with Crippen molar-refractivity contribution in [3.8, 4) is 11.5 Å². The van der Waals surface area contributed by atoms with Gasteiger partial charge in [0.25, 0.3) is 0 Å². The normalized spacial score (nSPS) is 14.6. The quantitative estimate of drug-likeness (QED) is 0.274. The van der Waals surface area contributed by atoms with Gasteiger partial charge >= 0.3 is 0 Å². The van der Waals surface area contributed by atoms with Crippen molar-refractivity contribution in [1.29, 1.82) is 0 Å². The van der Waals surface area contributed by atoms with E-state index in [1.54, 1.807) is 0 Å². The van der Waals surface area contributed by atoms with E-state index in [2.05, 4.69) is 5.16 Å². The summed E-state index contributed by atoms with van der Waals surface area (Å²) in [6.45, 7) is 5.10. The molecule has 0 spiro atoms. The van der Waals surface area contributed by atoms with Crippen LogP contribution in [0.5, 0.6) is 11.5 Å². The van der Waals surface area contributed by atoms with Gasteiger partial charge in [-0.1, -0.05) is 25.1 Å². The van der Waals surface area contributed by atoms with E-state index in [0.29, 0.717) is 19.6 Å². The van der Waals surface area contributed by atoms with Crippen molar-refractivity contribution in [2.24, 2.45) is 16.3 Å². The summed E-state index contributed by atoms with van der Waals surface area (Å²) in [6, 6.07) is 5.74. The van der Waals surface area contributed by atoms with Crippen molar-refractivity contribution in [3.63, 3.8) is 0 Å². The van der Waals surface area contributed by atoms with Crippen LogP contribution in [0.1, 0.15) is 25.8 Å². The molecule has 0 fully saturated rings. The molecule has 0 aliphatic carbocycles. The van der Waals surface area contributed by atoms with Gasteiger partial charge in [0.15, 0.2) is 11.5 Å². The van der Waals surface area contributed by atoms with Crippen molar-refractivity contribution in [2.75, 3.05) is 13.4 Å². The molecule has 0 unspecified atom stereocenters. The third-order valence-electron chi connectivity index (χ3n) is 3.38. The van der Waals surface area contributed by atoms with Gasteiger partial charge in [0.05, 0.1) is 6.61 Å². The molecule has 6 heteroatoms. The number of oxime groups is 1. The van der Waals surface area contributed by atoms with Crippen molar-refractivity contribution < 1.29 is 19.4 Å². The monoisotopic (exact) mass is 280 g/mol. The van der Waals surface area contributed by atoms with Crippen LogP contribution in [0.2, 0.25) is 0 Å². The van der Waals surface area contributed by atoms with Crippen LogP contribution in [0.15, 0.2) is 23.4 Å². The molecule has 1 aromatic rings. The zero-order valence-corrected chi connectivity index (χ0v) is 11.8. The Kier molecular flexibility index (Phi) is 4.34. The maximum Gasteiger partial charge on any atom is 0.231 e. The maximum atomic E-state index is 8.69. The van der Waals surface area contributed by atoms with E-state index in [-0.39, 0.29) is 18.0 Å². The topological polar surface area (TPSA) is 86.3 Å². The number of fused-ring (bicyclic) bond motifs is 1. The first-order chi connectivity index (χ1) is 9.53. The summed E-state index contributed by atoms with van der Waals surface area (Å²) in [7, 11) is 0. The number of hydrogen-bond acceptors (Lipinski definition) is 5. The Hall–Kier alpha value is -1.95. The lowest BCUT2D eigenvalue weighted by atomic mass is 9.88. The number of benzene rings is 1. The fourth-order valence-corrected chi connectivity index (χ4v) is 1.81. The van der Waals surface area contributed by atoms with E-state index in [9.17, 15) is 0 Å². The summed E-state index contributed by atoms with van der Waals surface area (Å²) in [5.41, 5.74) is 6.26. The Bertz CT molecular complexity index is 500. The highest BCUT2D eigenvalue weighted by atomic mass is 16.7. The minimum atomic E-state index is -0.385. The Balaban J connectivity index is 1.79. The second kappa shape index (κ2) is 6.00. The molecule has 0 saturated carbocycles. The maximum absolute atomic E-state index is 8.69. The number of nitrogens with two attached hydrogens (primary N) is 1. The van der Waals surface area contributed by atoms with Gasteiger partial charge in [-0.2, -0.15) is 0 Å². The molecule has 0 aromatic heterocycles. The molecule has 6 nitrogen and oxygen atoms in total. The molecule has 0 atom stereocenters. The molecule has 0 saturated heterocycles. The van der Waals surface area contributed by atoms with Gasteiger partial charge in [0.1, 0.15) is 5.84 Å². The number of hydrogen-bond donors (Lipinski definition) is 2. The van der Waals surface area contributed by atoms with Crippen LogP contribution in [0.3, 0.4) is 0 Å². The fraction of sp³-hybridized carbons (Fsp3) is 0.500. The predicted molar refractivity (Wildman–Crippen MR) is 74.0 cm³/mol. The molecule has 1 aliphatic rings. The van der Waals surface area contributed by atoms with Crippen molar-refractivity contribution >= 4 is 5.84 Å². The van der Waals surface area contributed by atoms with E-state index in [1.165, 1.54) is 0 Å². The highest BCUT2D eigenvalue weighted by Crippen LogP contribution is 2.32. The standard InChI is InChI=1S/C14H20N2O4/c1-14(2,13(15)16-17)5-6-18-8-10-3-4-11-12(7-10)20-9-19-11/h3-4,7,17H,5-6,8-9H2,1-2H3,(H2,15,16). The highest BCUT2D eigenvalue weighted by Gasteiger charge is 2.23. The Morgan fingerprint density at radius 1 is 1.40 bits per heavy atom. The van der Waals surface area contributed by atoms with Gasteiger partial charge < -0.3 is 25.2 Å². The summed E-state index contributed by atoms with van der Waals surface area (Å²) in [6.07, 6.45) is 0.674. The van der Waals surface area contributed by atoms with E-state index in [0.717, 1.165) is 17.1 Å². The number of amidine groups is 1. The lowest BCUT2D eigenvalue weighted by Gasteiger charge is -2.22. The fourth-order valence-electron chi connectivity index (χ4n) is 1.81. The second-order valence-corrected chi connectivity index (χ2v) is 5.36. The molecule has 0 amide bonds. The van der Waals surface area contributed by atoms with Crippen molar-refractivity contribution in [3.05, 3.63) is 23.8 Å². The number of ether oxygens (including phenoxy) is 3. The summed E-state index contributed by atoms with van der Waals surface area (Å²) >= 11 is 0. The van der Waals surface area contributed by atoms with E-state index in [1.807, 2.05) is 32.0 Å². The van der Waals surface area contributed by atoms with Gasteiger partial charge in [-0.25, -0.2) is 0 Å². The van der Waals surface area contributed by atoms with Gasteiger partial charge in [-0.15, -0.1) is 0 Å². The highest BCUT2D eigenvalue weighted by molar-refractivity contribution is 5.85. The first kappa shape index (κ1) is 14.5. The lowest BCUT2D eigenvalue weighted by molar-refractivity contribution is 0.103. The lowest BCUT2D eigenvalue weighted by Crippen LogP contribution is -2.33. The molecule has 0 radical (unpaired) electrons. The van der Waals surface area contributed by atoms with Gasteiger partial charge in [0.2, 0.25) is 6.79 Å². The van der Waals surface area contributed by atoms with Crippen LogP contribution in [-0.4, -0.2) is 24.4 Å². The first-order valence-electron chi connectivity index (χ1n) is 6.47. The first-order valence-corrected chi connectivity index (χ1v) is 6.47. The van der Waals surface area contributed by atoms with Gasteiger partial charge in [-0.3, -0.25) is 0 Å². The van der Waals surface area contributed by atoms with Gasteiger partial charge in [0, 0.05) is 12.0 Å². The average molecular weight is 280 g/mol. The van der Waals surface area contributed by atoms with Crippen molar-refractivity contribution in [2.45, 2.75) is 26.9 Å². The Labute approximate surface area is 118 Å². The SMILES string of the molecule is CC(C)(CCOCc1ccc2c(c1)OCO2)C(N)=NO. The molecule has 1 aromatic carbocycles. The van der Waals surface area contributed by atoms with Crippen LogP contribution in [0.25, 0.3) is 0 Å². The third kappa shape index (κ3) is 3.33. The summed E-state index contributed by atoms with van der Waals surface area (Å²) in [4.78, 5) is 0. The smallest absolute Gasteiger partial charge is 0.231 e. The minimum absolute atomic E-state index is 0.212. The predicted octanol–water partition coefficient (Wildman–Crippen LogP) is 2.09. The zero-order chi connectivity index (χ0) is 14.6. The zero-order valence-electron chi connectivity index (χ0n) is 11.8. The summed E-state index contributed by atoms with van der Waals surface area (Å²) < 4.78 is 16.2. The molecule has 3 N–H and O–H groups in total. The van der Waals surface area contributed by atoms with Crippen LogP contribution in [-0.2, 0) is 11.3 Å². The molecular weight excluding hydrogens is 260 g/mol. The molecular formula is C14H20N2O4. The summed E-state index contributed by atoms with van der Waals surface area (Å²) in [5.74, 6) is 1.73. The van der Waals surface area contributed by atoms with E-state index in [4.69, 9.17) is 25.2 Å². The Morgan fingerprint density at radius 2 is 2.15 bits per heavy atom. The third-order valence-corrected chi connectivity index (χ3v) is 3.38. The van der Waals surface area contributed by atoms with Crippen molar-refractivity contribution in [1.82, 2.24) is 0 Å². The minimum Gasteiger partial charge on any atom is -0.454 e. The number of nitrogens with zero attached hydrogens (tertiary/aromatic N) is 1. The molecule has 1 aliphatic heterocycles. The molecule has 2 rings (SSSR count). The largest absolute Gasteiger partial charge is 0.454 e. The Morgan fingerprint density at radius 3 is 2.90 bits per heavy atom. The van der Waals surface area contributed by atoms with Gasteiger partial charge in [-0.05, 0) is 24.1 Å². The van der Waals surface area contributed by atoms with Crippen LogP contribution in [0, 0.1) is 5.41 Å². The molecule has 110 valence electrons. The van der Waals surface area contributed by atoms with Crippen LogP contribution < -0.4 is 15.2 Å². The number of rotatable bonds is 6. The molecule has 0 bridgehead atoms. The molecule has 20 heavy (non-hydrogen) atoms. The van der Waals surface area contributed by atoms with Crippen LogP contribution >= 0.6 is 0 Å². The average Bonchev–Trinajstić information content (AvgIpc) is 2.90. The van der Waals surface area contributed by atoms with Crippen LogP contribution in [0.4, 0.5) is 0 Å². The second-order valence-electron chi connectivity index (χ2n) is 5.36. The van der Waals surface area contributed by atoms with E-state index >= 15 is 0 Å².